The van der Waals surface area contributed by atoms with Crippen LogP contribution < -0.4 is 5.32 Å². The molecule has 0 unspecified atom stereocenters. The minimum Gasteiger partial charge on any atom is -0.382 e. The van der Waals surface area contributed by atoms with Crippen molar-refractivity contribution < 1.29 is 13.2 Å². The van der Waals surface area contributed by atoms with Crippen molar-refractivity contribution >= 4 is 21.6 Å². The molecule has 0 aliphatic carbocycles. The van der Waals surface area contributed by atoms with Crippen molar-refractivity contribution in [2.75, 3.05) is 11.9 Å². The normalized spacial score (nSPS) is 11.2. The smallest absolute Gasteiger partial charge is 0.382 e. The van der Waals surface area contributed by atoms with Crippen LogP contribution in [0.3, 0.4) is 0 Å². The van der Waals surface area contributed by atoms with Crippen LogP contribution >= 0.6 is 15.9 Å². The molecule has 94 valence electrons. The van der Waals surface area contributed by atoms with Crippen LogP contribution in [0.2, 0.25) is 0 Å². The van der Waals surface area contributed by atoms with Crippen molar-refractivity contribution in [3.8, 4) is 0 Å². The lowest BCUT2D eigenvalue weighted by atomic mass is 10.2. The van der Waals surface area contributed by atoms with E-state index < -0.39 is 11.7 Å². The largest absolute Gasteiger partial charge is 0.416 e. The van der Waals surface area contributed by atoms with E-state index in [4.69, 9.17) is 0 Å². The molecule has 0 atom stereocenters. The van der Waals surface area contributed by atoms with Crippen LogP contribution in [-0.4, -0.2) is 6.54 Å². The number of anilines is 1. The standard InChI is InChI=1S/C12H13BrF3N/c1-8(2)3-4-17-11-6-9(12(14,15)16)5-10(13)7-11/h3,5-7,17H,4H2,1-2H3. The Morgan fingerprint density at radius 1 is 1.29 bits per heavy atom. The van der Waals surface area contributed by atoms with E-state index in [1.165, 1.54) is 0 Å². The highest BCUT2D eigenvalue weighted by atomic mass is 79.9. The lowest BCUT2D eigenvalue weighted by Gasteiger charge is -2.11. The maximum absolute atomic E-state index is 12.5. The summed E-state index contributed by atoms with van der Waals surface area (Å²) in [7, 11) is 0. The molecule has 0 spiro atoms. The molecular formula is C12H13BrF3N. The molecule has 0 aliphatic rings. The van der Waals surface area contributed by atoms with Gasteiger partial charge in [0, 0.05) is 16.7 Å². The molecule has 17 heavy (non-hydrogen) atoms. The molecular weight excluding hydrogens is 295 g/mol. The van der Waals surface area contributed by atoms with Crippen LogP contribution in [0.15, 0.2) is 34.3 Å². The molecule has 1 rings (SSSR count). The predicted molar refractivity (Wildman–Crippen MR) is 67.1 cm³/mol. The van der Waals surface area contributed by atoms with Gasteiger partial charge in [0.05, 0.1) is 5.56 Å². The van der Waals surface area contributed by atoms with Crippen LogP contribution in [-0.2, 0) is 6.18 Å². The SMILES string of the molecule is CC(C)=CCNc1cc(Br)cc(C(F)(F)F)c1. The van der Waals surface area contributed by atoms with Gasteiger partial charge >= 0.3 is 6.18 Å². The first kappa shape index (κ1) is 14.1. The van der Waals surface area contributed by atoms with Gasteiger partial charge in [-0.3, -0.25) is 0 Å². The highest BCUT2D eigenvalue weighted by Crippen LogP contribution is 2.33. The Morgan fingerprint density at radius 2 is 1.94 bits per heavy atom. The van der Waals surface area contributed by atoms with E-state index in [9.17, 15) is 13.2 Å². The van der Waals surface area contributed by atoms with Crippen LogP contribution in [0, 0.1) is 0 Å². The zero-order chi connectivity index (χ0) is 13.1. The van der Waals surface area contributed by atoms with Crippen LogP contribution in [0.4, 0.5) is 18.9 Å². The molecule has 0 saturated carbocycles. The zero-order valence-electron chi connectivity index (χ0n) is 9.53. The van der Waals surface area contributed by atoms with Crippen molar-refractivity contribution in [2.24, 2.45) is 0 Å². The van der Waals surface area contributed by atoms with Crippen LogP contribution in [0.1, 0.15) is 19.4 Å². The molecule has 0 amide bonds. The van der Waals surface area contributed by atoms with Gasteiger partial charge in [-0.2, -0.15) is 13.2 Å². The minimum atomic E-state index is -4.32. The summed E-state index contributed by atoms with van der Waals surface area (Å²) in [5, 5.41) is 2.92. The van der Waals surface area contributed by atoms with Crippen LogP contribution in [0.25, 0.3) is 0 Å². The van der Waals surface area contributed by atoms with Crippen molar-refractivity contribution in [1.82, 2.24) is 0 Å². The predicted octanol–water partition coefficient (Wildman–Crippen LogP) is 4.85. The quantitative estimate of drug-likeness (QED) is 0.787. The third kappa shape index (κ3) is 4.81. The number of hydrogen-bond donors (Lipinski definition) is 1. The first-order chi connectivity index (χ1) is 7.79. The molecule has 0 radical (unpaired) electrons. The summed E-state index contributed by atoms with van der Waals surface area (Å²) in [4.78, 5) is 0. The van der Waals surface area contributed by atoms with Crippen molar-refractivity contribution in [2.45, 2.75) is 20.0 Å². The lowest BCUT2D eigenvalue weighted by Crippen LogP contribution is -2.07. The number of rotatable bonds is 3. The summed E-state index contributed by atoms with van der Waals surface area (Å²) < 4.78 is 38.0. The average Bonchev–Trinajstić information content (AvgIpc) is 2.14. The summed E-state index contributed by atoms with van der Waals surface area (Å²) >= 11 is 3.07. The molecule has 0 aromatic heterocycles. The average molecular weight is 308 g/mol. The maximum Gasteiger partial charge on any atom is 0.416 e. The molecule has 0 aliphatic heterocycles. The summed E-state index contributed by atoms with van der Waals surface area (Å²) in [6.07, 6.45) is -2.41. The van der Waals surface area contributed by atoms with Gasteiger partial charge in [-0.15, -0.1) is 0 Å². The highest BCUT2D eigenvalue weighted by Gasteiger charge is 2.30. The fourth-order valence-corrected chi connectivity index (χ4v) is 1.72. The summed E-state index contributed by atoms with van der Waals surface area (Å²) in [5.41, 5.74) is 0.902. The van der Waals surface area contributed by atoms with E-state index in [1.807, 2.05) is 19.9 Å². The van der Waals surface area contributed by atoms with Gasteiger partial charge < -0.3 is 5.32 Å². The van der Waals surface area contributed by atoms with Crippen molar-refractivity contribution in [1.29, 1.82) is 0 Å². The molecule has 0 bridgehead atoms. The molecule has 0 fully saturated rings. The van der Waals surface area contributed by atoms with E-state index in [1.54, 1.807) is 6.07 Å². The number of halogens is 4. The minimum absolute atomic E-state index is 0.409. The number of hydrogen-bond acceptors (Lipinski definition) is 1. The van der Waals surface area contributed by atoms with E-state index in [0.717, 1.165) is 17.7 Å². The first-order valence-electron chi connectivity index (χ1n) is 5.04. The lowest BCUT2D eigenvalue weighted by molar-refractivity contribution is -0.137. The van der Waals surface area contributed by atoms with E-state index in [0.29, 0.717) is 16.7 Å². The second-order valence-electron chi connectivity index (χ2n) is 3.89. The van der Waals surface area contributed by atoms with Gasteiger partial charge in [-0.1, -0.05) is 27.6 Å². The van der Waals surface area contributed by atoms with Gasteiger partial charge in [-0.05, 0) is 32.0 Å². The molecule has 1 nitrogen and oxygen atoms in total. The van der Waals surface area contributed by atoms with E-state index >= 15 is 0 Å². The number of allylic oxidation sites excluding steroid dienone is 1. The molecule has 1 N–H and O–H groups in total. The van der Waals surface area contributed by atoms with Gasteiger partial charge in [0.15, 0.2) is 0 Å². The van der Waals surface area contributed by atoms with Crippen molar-refractivity contribution in [3.05, 3.63) is 39.9 Å². The Hall–Kier alpha value is -0.970. The summed E-state index contributed by atoms with van der Waals surface area (Å²) in [6.45, 7) is 4.38. The van der Waals surface area contributed by atoms with Gasteiger partial charge in [-0.25, -0.2) is 0 Å². The van der Waals surface area contributed by atoms with Gasteiger partial charge in [0.25, 0.3) is 0 Å². The monoisotopic (exact) mass is 307 g/mol. The second-order valence-corrected chi connectivity index (χ2v) is 4.80. The van der Waals surface area contributed by atoms with E-state index in [2.05, 4.69) is 21.2 Å². The summed E-state index contributed by atoms with van der Waals surface area (Å²) in [5.74, 6) is 0. The fraction of sp³-hybridized carbons (Fsp3) is 0.333. The topological polar surface area (TPSA) is 12.0 Å². The fourth-order valence-electron chi connectivity index (χ4n) is 1.23. The zero-order valence-corrected chi connectivity index (χ0v) is 11.1. The molecule has 1 aromatic carbocycles. The number of nitrogens with one attached hydrogen (secondary N) is 1. The Bertz CT molecular complexity index is 420. The van der Waals surface area contributed by atoms with E-state index in [-0.39, 0.29) is 0 Å². The molecule has 1 aromatic rings. The van der Waals surface area contributed by atoms with Crippen molar-refractivity contribution in [3.63, 3.8) is 0 Å². The van der Waals surface area contributed by atoms with Gasteiger partial charge in [0.1, 0.15) is 0 Å². The molecule has 0 saturated heterocycles. The molecule has 5 heteroatoms. The third-order valence-electron chi connectivity index (χ3n) is 2.04. The Morgan fingerprint density at radius 3 is 2.47 bits per heavy atom. The maximum atomic E-state index is 12.5. The first-order valence-corrected chi connectivity index (χ1v) is 5.83. The van der Waals surface area contributed by atoms with Crippen LogP contribution in [0.5, 0.6) is 0 Å². The number of alkyl halides is 3. The number of benzene rings is 1. The molecule has 0 heterocycles. The highest BCUT2D eigenvalue weighted by molar-refractivity contribution is 9.10. The summed E-state index contributed by atoms with van der Waals surface area (Å²) in [6, 6.07) is 3.78. The Kier molecular flexibility index (Phi) is 4.62. The third-order valence-corrected chi connectivity index (χ3v) is 2.50. The second kappa shape index (κ2) is 5.58. The Labute approximate surface area is 107 Å². The van der Waals surface area contributed by atoms with Gasteiger partial charge in [0.2, 0.25) is 0 Å². The Balaban J connectivity index is 2.87.